The normalized spacial score (nSPS) is 10.8. The number of aromatic nitrogens is 1. The Hall–Kier alpha value is -2.40. The van der Waals surface area contributed by atoms with E-state index in [1.54, 1.807) is 22.9 Å². The van der Waals surface area contributed by atoms with Crippen molar-refractivity contribution >= 4 is 5.84 Å². The van der Waals surface area contributed by atoms with E-state index in [4.69, 9.17) is 11.1 Å². The Labute approximate surface area is 124 Å². The minimum absolute atomic E-state index is 0.0180. The maximum absolute atomic E-state index is 11.6. The molecule has 0 aliphatic carbocycles. The SMILES string of the molecule is CN(CCn1ccccc1=O)Cc1cccc(C(=N)N)c1. The lowest BCUT2D eigenvalue weighted by Gasteiger charge is -2.17. The van der Waals surface area contributed by atoms with Crippen LogP contribution in [-0.4, -0.2) is 28.9 Å². The van der Waals surface area contributed by atoms with Crippen LogP contribution in [-0.2, 0) is 13.1 Å². The molecule has 3 N–H and O–H groups in total. The van der Waals surface area contributed by atoms with Gasteiger partial charge in [0.1, 0.15) is 5.84 Å². The molecule has 0 radical (unpaired) electrons. The molecule has 21 heavy (non-hydrogen) atoms. The fraction of sp³-hybridized carbons (Fsp3) is 0.250. The summed E-state index contributed by atoms with van der Waals surface area (Å²) in [7, 11) is 2.01. The number of pyridine rings is 1. The highest BCUT2D eigenvalue weighted by atomic mass is 16.1. The first kappa shape index (κ1) is 15.0. The van der Waals surface area contributed by atoms with Crippen LogP contribution in [0.5, 0.6) is 0 Å². The maximum Gasteiger partial charge on any atom is 0.250 e. The average molecular weight is 284 g/mol. The van der Waals surface area contributed by atoms with Crippen molar-refractivity contribution in [1.29, 1.82) is 5.41 Å². The lowest BCUT2D eigenvalue weighted by atomic mass is 10.1. The summed E-state index contributed by atoms with van der Waals surface area (Å²) in [6, 6.07) is 12.8. The number of hydrogen-bond donors (Lipinski definition) is 2. The molecule has 0 bridgehead atoms. The number of rotatable bonds is 6. The molecule has 0 aliphatic heterocycles. The Morgan fingerprint density at radius 2 is 2.10 bits per heavy atom. The Bertz CT molecular complexity index is 678. The molecule has 0 spiro atoms. The van der Waals surface area contributed by atoms with Crippen molar-refractivity contribution in [2.45, 2.75) is 13.1 Å². The second kappa shape index (κ2) is 6.85. The zero-order chi connectivity index (χ0) is 15.2. The largest absolute Gasteiger partial charge is 0.384 e. The highest BCUT2D eigenvalue weighted by Crippen LogP contribution is 2.07. The summed E-state index contributed by atoms with van der Waals surface area (Å²) < 4.78 is 1.70. The molecule has 0 unspecified atom stereocenters. The molecule has 5 nitrogen and oxygen atoms in total. The minimum atomic E-state index is 0.0180. The summed E-state index contributed by atoms with van der Waals surface area (Å²) in [6.45, 7) is 2.18. The Morgan fingerprint density at radius 1 is 1.29 bits per heavy atom. The van der Waals surface area contributed by atoms with Crippen molar-refractivity contribution in [1.82, 2.24) is 9.47 Å². The number of amidine groups is 1. The van der Waals surface area contributed by atoms with E-state index in [1.807, 2.05) is 37.4 Å². The van der Waals surface area contributed by atoms with Crippen LogP contribution >= 0.6 is 0 Å². The monoisotopic (exact) mass is 284 g/mol. The molecule has 110 valence electrons. The third-order valence-corrected chi connectivity index (χ3v) is 3.31. The van der Waals surface area contributed by atoms with Crippen LogP contribution in [0.2, 0.25) is 0 Å². The summed E-state index contributed by atoms with van der Waals surface area (Å²) in [5.41, 5.74) is 7.35. The summed E-state index contributed by atoms with van der Waals surface area (Å²) in [6.07, 6.45) is 1.80. The highest BCUT2D eigenvalue weighted by Gasteiger charge is 2.03. The van der Waals surface area contributed by atoms with Crippen LogP contribution in [0.25, 0.3) is 0 Å². The molecule has 1 aromatic carbocycles. The second-order valence-electron chi connectivity index (χ2n) is 5.08. The van der Waals surface area contributed by atoms with Gasteiger partial charge in [0, 0.05) is 37.5 Å². The number of nitrogens with one attached hydrogen (secondary N) is 1. The quantitative estimate of drug-likeness (QED) is 0.619. The van der Waals surface area contributed by atoms with Crippen LogP contribution in [0, 0.1) is 5.41 Å². The standard InChI is InChI=1S/C16H20N4O/c1-19(9-10-20-8-3-2-7-15(20)21)12-13-5-4-6-14(11-13)16(17)18/h2-8,11H,9-10,12H2,1H3,(H3,17,18). The third-order valence-electron chi connectivity index (χ3n) is 3.31. The number of likely N-dealkylation sites (N-methyl/N-ethyl adjacent to an activating group) is 1. The average Bonchev–Trinajstić information content (AvgIpc) is 2.46. The van der Waals surface area contributed by atoms with Gasteiger partial charge in [-0.2, -0.15) is 0 Å². The van der Waals surface area contributed by atoms with Crippen molar-refractivity contribution in [2.75, 3.05) is 13.6 Å². The highest BCUT2D eigenvalue weighted by molar-refractivity contribution is 5.95. The van der Waals surface area contributed by atoms with Gasteiger partial charge in [0.2, 0.25) is 0 Å². The van der Waals surface area contributed by atoms with Gasteiger partial charge >= 0.3 is 0 Å². The Kier molecular flexibility index (Phi) is 4.90. The summed E-state index contributed by atoms with van der Waals surface area (Å²) in [4.78, 5) is 13.8. The summed E-state index contributed by atoms with van der Waals surface area (Å²) in [5.74, 6) is 0.0790. The fourth-order valence-corrected chi connectivity index (χ4v) is 2.15. The predicted molar refractivity (Wildman–Crippen MR) is 84.5 cm³/mol. The van der Waals surface area contributed by atoms with Crippen LogP contribution < -0.4 is 11.3 Å². The van der Waals surface area contributed by atoms with Gasteiger partial charge in [0.15, 0.2) is 0 Å². The van der Waals surface area contributed by atoms with Crippen molar-refractivity contribution < 1.29 is 0 Å². The van der Waals surface area contributed by atoms with Crippen molar-refractivity contribution in [3.05, 3.63) is 70.1 Å². The molecule has 2 aromatic rings. The molecule has 0 fully saturated rings. The molecule has 0 amide bonds. The predicted octanol–water partition coefficient (Wildman–Crippen LogP) is 1.26. The van der Waals surface area contributed by atoms with Crippen LogP contribution in [0.1, 0.15) is 11.1 Å². The molecule has 1 heterocycles. The zero-order valence-electron chi connectivity index (χ0n) is 12.1. The molecular formula is C16H20N4O. The maximum atomic E-state index is 11.6. The van der Waals surface area contributed by atoms with Crippen LogP contribution in [0.4, 0.5) is 0 Å². The lowest BCUT2D eigenvalue weighted by molar-refractivity contribution is 0.310. The first-order valence-electron chi connectivity index (χ1n) is 6.83. The van der Waals surface area contributed by atoms with Crippen molar-refractivity contribution in [2.24, 2.45) is 5.73 Å². The lowest BCUT2D eigenvalue weighted by Crippen LogP contribution is -2.27. The Morgan fingerprint density at radius 3 is 2.81 bits per heavy atom. The number of hydrogen-bond acceptors (Lipinski definition) is 3. The smallest absolute Gasteiger partial charge is 0.250 e. The number of benzene rings is 1. The molecule has 2 rings (SSSR count). The summed E-state index contributed by atoms with van der Waals surface area (Å²) in [5, 5.41) is 7.46. The van der Waals surface area contributed by atoms with E-state index >= 15 is 0 Å². The van der Waals surface area contributed by atoms with E-state index in [9.17, 15) is 4.79 Å². The minimum Gasteiger partial charge on any atom is -0.384 e. The van der Waals surface area contributed by atoms with Crippen LogP contribution in [0.3, 0.4) is 0 Å². The third kappa shape index (κ3) is 4.29. The first-order valence-corrected chi connectivity index (χ1v) is 6.83. The van der Waals surface area contributed by atoms with Gasteiger partial charge in [-0.05, 0) is 24.7 Å². The van der Waals surface area contributed by atoms with Crippen LogP contribution in [0.15, 0.2) is 53.5 Å². The van der Waals surface area contributed by atoms with E-state index in [2.05, 4.69) is 4.90 Å². The van der Waals surface area contributed by atoms with Gasteiger partial charge in [0.05, 0.1) is 0 Å². The van der Waals surface area contributed by atoms with Gasteiger partial charge in [-0.1, -0.05) is 24.3 Å². The van der Waals surface area contributed by atoms with Gasteiger partial charge < -0.3 is 15.2 Å². The number of nitrogens with zero attached hydrogens (tertiary/aromatic N) is 2. The van der Waals surface area contributed by atoms with Gasteiger partial charge in [0.25, 0.3) is 5.56 Å². The zero-order valence-corrected chi connectivity index (χ0v) is 12.1. The Balaban J connectivity index is 1.94. The van der Waals surface area contributed by atoms with E-state index in [-0.39, 0.29) is 11.4 Å². The van der Waals surface area contributed by atoms with E-state index < -0.39 is 0 Å². The number of nitrogen functional groups attached to an aromatic ring is 1. The molecule has 0 saturated heterocycles. The van der Waals surface area contributed by atoms with Crippen molar-refractivity contribution in [3.63, 3.8) is 0 Å². The topological polar surface area (TPSA) is 75.1 Å². The van der Waals surface area contributed by atoms with Gasteiger partial charge in [-0.15, -0.1) is 0 Å². The fourth-order valence-electron chi connectivity index (χ4n) is 2.15. The molecule has 1 aromatic heterocycles. The number of nitrogens with two attached hydrogens (primary N) is 1. The van der Waals surface area contributed by atoms with E-state index in [0.717, 1.165) is 24.2 Å². The van der Waals surface area contributed by atoms with Gasteiger partial charge in [-0.25, -0.2) is 0 Å². The summed E-state index contributed by atoms with van der Waals surface area (Å²) >= 11 is 0. The molecule has 0 atom stereocenters. The second-order valence-corrected chi connectivity index (χ2v) is 5.08. The molecule has 0 aliphatic rings. The first-order chi connectivity index (χ1) is 10.1. The molecular weight excluding hydrogens is 264 g/mol. The van der Waals surface area contributed by atoms with Gasteiger partial charge in [-0.3, -0.25) is 10.2 Å². The van der Waals surface area contributed by atoms with E-state index in [0.29, 0.717) is 6.54 Å². The van der Waals surface area contributed by atoms with Crippen molar-refractivity contribution in [3.8, 4) is 0 Å². The molecule has 5 heteroatoms. The van der Waals surface area contributed by atoms with E-state index in [1.165, 1.54) is 0 Å². The molecule has 0 saturated carbocycles.